The van der Waals surface area contributed by atoms with E-state index < -0.39 is 10.0 Å². The number of nitrogens with one attached hydrogen (secondary N) is 1. The van der Waals surface area contributed by atoms with Gasteiger partial charge in [0.25, 0.3) is 10.0 Å². The van der Waals surface area contributed by atoms with Crippen LogP contribution in [0.5, 0.6) is 0 Å². The molecular formula is C19H30N2O3S2. The van der Waals surface area contributed by atoms with Crippen LogP contribution in [-0.4, -0.2) is 37.8 Å². The van der Waals surface area contributed by atoms with E-state index in [0.29, 0.717) is 30.1 Å². The Hall–Kier alpha value is -0.920. The zero-order valence-electron chi connectivity index (χ0n) is 15.4. The van der Waals surface area contributed by atoms with Gasteiger partial charge in [0.15, 0.2) is 0 Å². The maximum atomic E-state index is 12.9. The minimum atomic E-state index is -3.40. The second kappa shape index (κ2) is 9.33. The van der Waals surface area contributed by atoms with Crippen molar-refractivity contribution in [3.8, 4) is 0 Å². The lowest BCUT2D eigenvalue weighted by molar-refractivity contribution is -0.121. The summed E-state index contributed by atoms with van der Waals surface area (Å²) in [5, 5.41) is 4.80. The van der Waals surface area contributed by atoms with Crippen molar-refractivity contribution in [3.05, 3.63) is 17.5 Å². The number of carbonyl (C=O) groups excluding carboxylic acids is 1. The Bertz CT molecular complexity index is 667. The Morgan fingerprint density at radius 3 is 2.65 bits per heavy atom. The highest BCUT2D eigenvalue weighted by atomic mass is 32.2. The number of nitrogens with zero attached hydrogens (tertiary/aromatic N) is 1. The lowest BCUT2D eigenvalue weighted by atomic mass is 10.0. The van der Waals surface area contributed by atoms with Gasteiger partial charge in [0, 0.05) is 25.6 Å². The molecule has 146 valence electrons. The Kier molecular flexibility index (Phi) is 7.12. The number of thiophene rings is 1. The number of hydrogen-bond acceptors (Lipinski definition) is 4. The molecular weight excluding hydrogens is 368 g/mol. The molecule has 1 aromatic rings. The molecule has 5 nitrogen and oxygen atoms in total. The van der Waals surface area contributed by atoms with Gasteiger partial charge in [-0.05, 0) is 43.0 Å². The highest BCUT2D eigenvalue weighted by molar-refractivity contribution is 7.91. The van der Waals surface area contributed by atoms with Crippen LogP contribution < -0.4 is 5.32 Å². The third-order valence-electron chi connectivity index (χ3n) is 5.69. The van der Waals surface area contributed by atoms with Crippen molar-refractivity contribution in [2.24, 2.45) is 5.92 Å². The first-order valence-corrected chi connectivity index (χ1v) is 12.2. The van der Waals surface area contributed by atoms with Crippen LogP contribution >= 0.6 is 11.3 Å². The van der Waals surface area contributed by atoms with Crippen molar-refractivity contribution in [1.82, 2.24) is 9.62 Å². The van der Waals surface area contributed by atoms with Crippen molar-refractivity contribution in [2.45, 2.75) is 74.5 Å². The van der Waals surface area contributed by atoms with E-state index >= 15 is 0 Å². The molecule has 2 heterocycles. The number of piperidine rings is 1. The first-order valence-electron chi connectivity index (χ1n) is 9.89. The summed E-state index contributed by atoms with van der Waals surface area (Å²) in [6.45, 7) is 1.14. The van der Waals surface area contributed by atoms with E-state index in [9.17, 15) is 13.2 Å². The molecule has 1 aliphatic carbocycles. The first kappa shape index (κ1) is 19.8. The van der Waals surface area contributed by atoms with Crippen molar-refractivity contribution in [1.29, 1.82) is 0 Å². The number of rotatable bonds is 8. The van der Waals surface area contributed by atoms with Crippen LogP contribution in [0.15, 0.2) is 21.7 Å². The smallest absolute Gasteiger partial charge is 0.252 e. The van der Waals surface area contributed by atoms with E-state index in [0.717, 1.165) is 31.6 Å². The third kappa shape index (κ3) is 5.08. The molecule has 26 heavy (non-hydrogen) atoms. The van der Waals surface area contributed by atoms with E-state index in [1.807, 2.05) is 0 Å². The fourth-order valence-electron chi connectivity index (χ4n) is 4.21. The van der Waals surface area contributed by atoms with Gasteiger partial charge in [0.2, 0.25) is 5.91 Å². The van der Waals surface area contributed by atoms with E-state index in [-0.39, 0.29) is 11.9 Å². The first-order chi connectivity index (χ1) is 12.6. The molecule has 1 aromatic heterocycles. The molecule has 3 rings (SSSR count). The van der Waals surface area contributed by atoms with Crippen LogP contribution in [0.1, 0.15) is 64.2 Å². The molecule has 1 atom stereocenters. The molecule has 0 radical (unpaired) electrons. The summed E-state index contributed by atoms with van der Waals surface area (Å²) in [6.07, 6.45) is 10.3. The summed E-state index contributed by atoms with van der Waals surface area (Å²) < 4.78 is 27.8. The van der Waals surface area contributed by atoms with Gasteiger partial charge in [0.1, 0.15) is 4.21 Å². The molecule has 0 aromatic carbocycles. The molecule has 1 unspecified atom stereocenters. The van der Waals surface area contributed by atoms with Crippen LogP contribution in [0.3, 0.4) is 0 Å². The standard InChI is InChI=1S/C19H30N2O3S2/c22-18(11-10-16-6-1-2-7-16)20-13-12-17-8-3-4-14-21(17)26(23,24)19-9-5-15-25-19/h5,9,15-17H,1-4,6-8,10-14H2,(H,20,22). The van der Waals surface area contributed by atoms with E-state index in [4.69, 9.17) is 0 Å². The van der Waals surface area contributed by atoms with E-state index in [1.54, 1.807) is 21.8 Å². The van der Waals surface area contributed by atoms with Gasteiger partial charge in [-0.3, -0.25) is 4.79 Å². The van der Waals surface area contributed by atoms with Gasteiger partial charge in [-0.25, -0.2) is 8.42 Å². The summed E-state index contributed by atoms with van der Waals surface area (Å²) in [7, 11) is -3.40. The van der Waals surface area contributed by atoms with E-state index in [1.165, 1.54) is 37.0 Å². The van der Waals surface area contributed by atoms with Gasteiger partial charge in [-0.15, -0.1) is 11.3 Å². The molecule has 1 saturated carbocycles. The lowest BCUT2D eigenvalue weighted by Gasteiger charge is -2.34. The highest BCUT2D eigenvalue weighted by Gasteiger charge is 2.33. The van der Waals surface area contributed by atoms with Gasteiger partial charge in [0.05, 0.1) is 0 Å². The van der Waals surface area contributed by atoms with Crippen molar-refractivity contribution in [2.75, 3.05) is 13.1 Å². The minimum absolute atomic E-state index is 0.00835. The van der Waals surface area contributed by atoms with Crippen LogP contribution in [0, 0.1) is 5.92 Å². The number of amides is 1. The quantitative estimate of drug-likeness (QED) is 0.725. The van der Waals surface area contributed by atoms with Gasteiger partial charge >= 0.3 is 0 Å². The molecule has 0 bridgehead atoms. The fourth-order valence-corrected chi connectivity index (χ4v) is 7.05. The summed E-state index contributed by atoms with van der Waals surface area (Å²) >= 11 is 1.27. The Morgan fingerprint density at radius 1 is 1.15 bits per heavy atom. The van der Waals surface area contributed by atoms with Crippen LogP contribution in [0.2, 0.25) is 0 Å². The molecule has 2 aliphatic rings. The molecule has 1 N–H and O–H groups in total. The Labute approximate surface area is 161 Å². The van der Waals surface area contributed by atoms with Crippen LogP contribution in [0.25, 0.3) is 0 Å². The Balaban J connectivity index is 1.47. The predicted octanol–water partition coefficient (Wildman–Crippen LogP) is 3.77. The average molecular weight is 399 g/mol. The summed E-state index contributed by atoms with van der Waals surface area (Å²) in [5.41, 5.74) is 0. The third-order valence-corrected chi connectivity index (χ3v) is 9.01. The SMILES string of the molecule is O=C(CCC1CCCC1)NCCC1CCCCN1S(=O)(=O)c1cccs1. The van der Waals surface area contributed by atoms with Crippen molar-refractivity contribution < 1.29 is 13.2 Å². The second-order valence-electron chi connectivity index (χ2n) is 7.53. The summed E-state index contributed by atoms with van der Waals surface area (Å²) in [6, 6.07) is 3.45. The summed E-state index contributed by atoms with van der Waals surface area (Å²) in [4.78, 5) is 12.1. The van der Waals surface area contributed by atoms with E-state index in [2.05, 4.69) is 5.32 Å². The molecule has 2 fully saturated rings. The number of sulfonamides is 1. The maximum absolute atomic E-state index is 12.9. The molecule has 1 aliphatic heterocycles. The maximum Gasteiger partial charge on any atom is 0.252 e. The van der Waals surface area contributed by atoms with Crippen LogP contribution in [0.4, 0.5) is 0 Å². The molecule has 0 spiro atoms. The second-order valence-corrected chi connectivity index (χ2v) is 10.6. The number of hydrogen-bond donors (Lipinski definition) is 1. The molecule has 7 heteroatoms. The Morgan fingerprint density at radius 2 is 1.92 bits per heavy atom. The normalized spacial score (nSPS) is 22.5. The molecule has 1 saturated heterocycles. The van der Waals surface area contributed by atoms with Crippen LogP contribution in [-0.2, 0) is 14.8 Å². The monoisotopic (exact) mass is 398 g/mol. The topological polar surface area (TPSA) is 66.5 Å². The predicted molar refractivity (Wildman–Crippen MR) is 105 cm³/mol. The fraction of sp³-hybridized carbons (Fsp3) is 0.737. The average Bonchev–Trinajstić information content (AvgIpc) is 3.34. The highest BCUT2D eigenvalue weighted by Crippen LogP contribution is 2.29. The lowest BCUT2D eigenvalue weighted by Crippen LogP contribution is -2.44. The summed E-state index contributed by atoms with van der Waals surface area (Å²) in [5.74, 6) is 0.839. The zero-order chi connectivity index (χ0) is 18.4. The number of carbonyl (C=O) groups is 1. The minimum Gasteiger partial charge on any atom is -0.356 e. The van der Waals surface area contributed by atoms with Crippen molar-refractivity contribution in [3.63, 3.8) is 0 Å². The molecule has 1 amide bonds. The van der Waals surface area contributed by atoms with Gasteiger partial charge in [-0.2, -0.15) is 4.31 Å². The largest absolute Gasteiger partial charge is 0.356 e. The zero-order valence-corrected chi connectivity index (χ0v) is 17.0. The van der Waals surface area contributed by atoms with Gasteiger partial charge in [-0.1, -0.05) is 38.2 Å². The van der Waals surface area contributed by atoms with Crippen molar-refractivity contribution >= 4 is 27.3 Å². The van der Waals surface area contributed by atoms with Gasteiger partial charge < -0.3 is 5.32 Å².